The zero-order valence-electron chi connectivity index (χ0n) is 12.9. The summed E-state index contributed by atoms with van der Waals surface area (Å²) in [6, 6.07) is 15.5. The van der Waals surface area contributed by atoms with Crippen LogP contribution in [-0.4, -0.2) is 0 Å². The van der Waals surface area contributed by atoms with E-state index in [1.54, 1.807) is 0 Å². The van der Waals surface area contributed by atoms with E-state index >= 15 is 0 Å². The summed E-state index contributed by atoms with van der Waals surface area (Å²) in [5.41, 5.74) is 4.48. The Hall–Kier alpha value is -1.38. The molecule has 2 nitrogen and oxygen atoms in total. The zero-order valence-corrected chi connectivity index (χ0v) is 12.9. The Morgan fingerprint density at radius 2 is 1.95 bits per heavy atom. The van der Waals surface area contributed by atoms with Gasteiger partial charge in [0.2, 0.25) is 0 Å². The highest BCUT2D eigenvalue weighted by Crippen LogP contribution is 2.39. The maximum absolute atomic E-state index is 5.96. The molecule has 3 atom stereocenters. The fourth-order valence-corrected chi connectivity index (χ4v) is 4.01. The Labute approximate surface area is 127 Å². The van der Waals surface area contributed by atoms with Crippen LogP contribution in [0.2, 0.25) is 0 Å². The quantitative estimate of drug-likeness (QED) is 0.637. The van der Waals surface area contributed by atoms with Gasteiger partial charge in [0.1, 0.15) is 0 Å². The van der Waals surface area contributed by atoms with Crippen molar-refractivity contribution in [1.82, 2.24) is 5.43 Å². The summed E-state index contributed by atoms with van der Waals surface area (Å²) in [6.45, 7) is 2.32. The van der Waals surface area contributed by atoms with Crippen molar-refractivity contribution in [3.63, 3.8) is 0 Å². The van der Waals surface area contributed by atoms with E-state index in [0.717, 1.165) is 5.92 Å². The second-order valence-corrected chi connectivity index (χ2v) is 6.41. The highest BCUT2D eigenvalue weighted by Gasteiger charge is 2.28. The van der Waals surface area contributed by atoms with E-state index in [4.69, 9.17) is 5.84 Å². The molecular formula is C19H26N2. The Kier molecular flexibility index (Phi) is 4.57. The fourth-order valence-electron chi connectivity index (χ4n) is 4.01. The summed E-state index contributed by atoms with van der Waals surface area (Å²) in [7, 11) is 0. The van der Waals surface area contributed by atoms with Crippen LogP contribution in [0.3, 0.4) is 0 Å². The molecule has 2 aromatic carbocycles. The number of nitrogens with one attached hydrogen (secondary N) is 1. The molecule has 2 heteroatoms. The van der Waals surface area contributed by atoms with Crippen molar-refractivity contribution in [3.05, 3.63) is 48.0 Å². The number of hydrogen-bond acceptors (Lipinski definition) is 2. The summed E-state index contributed by atoms with van der Waals surface area (Å²) in [4.78, 5) is 0. The average molecular weight is 282 g/mol. The predicted octanol–water partition coefficient (Wildman–Crippen LogP) is 4.56. The largest absolute Gasteiger partial charge is 0.271 e. The molecular weight excluding hydrogens is 256 g/mol. The van der Waals surface area contributed by atoms with Crippen molar-refractivity contribution in [3.8, 4) is 0 Å². The monoisotopic (exact) mass is 282 g/mol. The molecule has 0 radical (unpaired) electrons. The molecule has 3 N–H and O–H groups in total. The van der Waals surface area contributed by atoms with Crippen LogP contribution in [0.15, 0.2) is 42.5 Å². The van der Waals surface area contributed by atoms with Crippen LogP contribution in [0.25, 0.3) is 10.8 Å². The third kappa shape index (κ3) is 2.97. The lowest BCUT2D eigenvalue weighted by Gasteiger charge is -2.34. The van der Waals surface area contributed by atoms with Crippen LogP contribution >= 0.6 is 0 Å². The number of hydrazine groups is 1. The third-order valence-electron chi connectivity index (χ3n) is 5.21. The molecule has 3 unspecified atom stereocenters. The van der Waals surface area contributed by atoms with Gasteiger partial charge in [-0.05, 0) is 41.0 Å². The summed E-state index contributed by atoms with van der Waals surface area (Å²) >= 11 is 0. The van der Waals surface area contributed by atoms with Gasteiger partial charge in [-0.3, -0.25) is 11.3 Å². The second-order valence-electron chi connectivity index (χ2n) is 6.41. The molecule has 0 spiro atoms. The van der Waals surface area contributed by atoms with Gasteiger partial charge in [0.15, 0.2) is 0 Å². The molecule has 0 heterocycles. The summed E-state index contributed by atoms with van der Waals surface area (Å²) < 4.78 is 0. The van der Waals surface area contributed by atoms with E-state index < -0.39 is 0 Å². The van der Waals surface area contributed by atoms with Gasteiger partial charge in [-0.15, -0.1) is 0 Å². The second kappa shape index (κ2) is 6.59. The highest BCUT2D eigenvalue weighted by molar-refractivity contribution is 5.86. The van der Waals surface area contributed by atoms with Crippen molar-refractivity contribution in [1.29, 1.82) is 0 Å². The Morgan fingerprint density at radius 1 is 1.14 bits per heavy atom. The molecule has 0 aliphatic heterocycles. The van der Waals surface area contributed by atoms with E-state index in [2.05, 4.69) is 54.8 Å². The zero-order chi connectivity index (χ0) is 14.7. The molecule has 0 aromatic heterocycles. The van der Waals surface area contributed by atoms with Crippen molar-refractivity contribution >= 4 is 10.8 Å². The SMILES string of the molecule is CCC1CCCC(C(NN)c2cccc3ccccc23)C1. The molecule has 3 rings (SSSR count). The Bertz CT molecular complexity index is 588. The van der Waals surface area contributed by atoms with Crippen LogP contribution in [0.4, 0.5) is 0 Å². The molecule has 0 saturated heterocycles. The summed E-state index contributed by atoms with van der Waals surface area (Å²) in [5.74, 6) is 7.49. The highest BCUT2D eigenvalue weighted by atomic mass is 15.2. The average Bonchev–Trinajstić information content (AvgIpc) is 2.56. The maximum Gasteiger partial charge on any atom is 0.0494 e. The van der Waals surface area contributed by atoms with Crippen molar-refractivity contribution < 1.29 is 0 Å². The molecule has 1 saturated carbocycles. The smallest absolute Gasteiger partial charge is 0.0494 e. The van der Waals surface area contributed by atoms with E-state index in [1.165, 1.54) is 48.4 Å². The molecule has 112 valence electrons. The van der Waals surface area contributed by atoms with Gasteiger partial charge < -0.3 is 0 Å². The topological polar surface area (TPSA) is 38.0 Å². The van der Waals surface area contributed by atoms with Gasteiger partial charge in [-0.1, -0.05) is 68.7 Å². The molecule has 1 aliphatic rings. The minimum absolute atomic E-state index is 0.269. The molecule has 0 amide bonds. The number of fused-ring (bicyclic) bond motifs is 1. The number of benzene rings is 2. The van der Waals surface area contributed by atoms with Gasteiger partial charge in [0.05, 0.1) is 0 Å². The lowest BCUT2D eigenvalue weighted by molar-refractivity contribution is 0.211. The number of nitrogens with two attached hydrogens (primary N) is 1. The first-order valence-electron chi connectivity index (χ1n) is 8.27. The van der Waals surface area contributed by atoms with Crippen molar-refractivity contribution in [2.24, 2.45) is 17.7 Å². The lowest BCUT2D eigenvalue weighted by atomic mass is 9.75. The minimum atomic E-state index is 0.269. The van der Waals surface area contributed by atoms with E-state index in [0.29, 0.717) is 5.92 Å². The molecule has 1 aliphatic carbocycles. The maximum atomic E-state index is 5.96. The molecule has 1 fully saturated rings. The van der Waals surface area contributed by atoms with Gasteiger partial charge >= 0.3 is 0 Å². The van der Waals surface area contributed by atoms with Crippen LogP contribution in [0.5, 0.6) is 0 Å². The van der Waals surface area contributed by atoms with E-state index in [1.807, 2.05) is 0 Å². The fraction of sp³-hybridized carbons (Fsp3) is 0.474. The first-order chi connectivity index (χ1) is 10.3. The van der Waals surface area contributed by atoms with Gasteiger partial charge in [-0.2, -0.15) is 0 Å². The van der Waals surface area contributed by atoms with Gasteiger partial charge in [-0.25, -0.2) is 0 Å². The molecule has 0 bridgehead atoms. The number of rotatable bonds is 4. The van der Waals surface area contributed by atoms with Crippen LogP contribution in [0.1, 0.15) is 50.6 Å². The molecule has 2 aromatic rings. The van der Waals surface area contributed by atoms with Crippen LogP contribution in [0, 0.1) is 11.8 Å². The molecule has 21 heavy (non-hydrogen) atoms. The lowest BCUT2D eigenvalue weighted by Crippen LogP contribution is -2.36. The summed E-state index contributed by atoms with van der Waals surface area (Å²) in [6.07, 6.45) is 6.61. The van der Waals surface area contributed by atoms with Crippen molar-refractivity contribution in [2.45, 2.75) is 45.1 Å². The van der Waals surface area contributed by atoms with E-state index in [-0.39, 0.29) is 6.04 Å². The van der Waals surface area contributed by atoms with Crippen LogP contribution < -0.4 is 11.3 Å². The summed E-state index contributed by atoms with van der Waals surface area (Å²) in [5, 5.41) is 2.64. The normalized spacial score (nSPS) is 24.1. The Morgan fingerprint density at radius 3 is 2.76 bits per heavy atom. The third-order valence-corrected chi connectivity index (χ3v) is 5.21. The first-order valence-corrected chi connectivity index (χ1v) is 8.27. The van der Waals surface area contributed by atoms with E-state index in [9.17, 15) is 0 Å². The van der Waals surface area contributed by atoms with Crippen LogP contribution in [-0.2, 0) is 0 Å². The number of hydrogen-bond donors (Lipinski definition) is 2. The van der Waals surface area contributed by atoms with Gasteiger partial charge in [0.25, 0.3) is 0 Å². The van der Waals surface area contributed by atoms with Crippen molar-refractivity contribution in [2.75, 3.05) is 0 Å². The minimum Gasteiger partial charge on any atom is -0.271 e. The first kappa shape index (κ1) is 14.6. The standard InChI is InChI=1S/C19H26N2/c1-2-14-7-5-10-16(13-14)19(21-20)18-12-6-9-15-8-3-4-11-17(15)18/h3-4,6,8-9,11-12,14,16,19,21H,2,5,7,10,13,20H2,1H3. The van der Waals surface area contributed by atoms with Gasteiger partial charge in [0, 0.05) is 6.04 Å². The Balaban J connectivity index is 1.94. The predicted molar refractivity (Wildman–Crippen MR) is 89.8 cm³/mol.